The molecule has 1 unspecified atom stereocenters. The standard InChI is InChI=1S/C22H30N2O.C2H6/c1-5-22(3,19-11-7-8-12-20(19)23-4)15-9-10-17-13-14-18(24-6-2)16-21(17)25;1-2/h7-14,16,23-25H,5-6,15H2,1-4H3;1-2H3/p+1/b10-9+;. The lowest BCUT2D eigenvalue weighted by atomic mass is 9.76. The Hall–Kier alpha value is -2.26. The van der Waals surface area contributed by atoms with E-state index in [4.69, 9.17) is 0 Å². The lowest BCUT2D eigenvalue weighted by Crippen LogP contribution is -2.73. The number of aromatic hydroxyl groups is 1. The van der Waals surface area contributed by atoms with Crippen LogP contribution in [0.3, 0.4) is 0 Å². The lowest BCUT2D eigenvalue weighted by molar-refractivity contribution is -0.540. The SMILES string of the molecule is CC.CCNc1ccc(/C=C/CC(C)(CC)c2ccccc2[NH2+]C)c(O)c1. The molecular weight excluding hydrogens is 332 g/mol. The Bertz CT molecular complexity index is 724. The number of allylic oxidation sites excluding steroid dienone is 1. The zero-order valence-electron chi connectivity index (χ0n) is 17.8. The largest absolute Gasteiger partial charge is 0.507 e. The number of phenols is 1. The summed E-state index contributed by atoms with van der Waals surface area (Å²) in [7, 11) is 2.09. The second kappa shape index (κ2) is 11.5. The van der Waals surface area contributed by atoms with E-state index >= 15 is 0 Å². The van der Waals surface area contributed by atoms with E-state index in [2.05, 4.69) is 61.9 Å². The summed E-state index contributed by atoms with van der Waals surface area (Å²) in [4.78, 5) is 0. The van der Waals surface area contributed by atoms with Gasteiger partial charge in [-0.15, -0.1) is 0 Å². The van der Waals surface area contributed by atoms with E-state index in [-0.39, 0.29) is 5.41 Å². The first-order chi connectivity index (χ1) is 13.0. The second-order valence-electron chi connectivity index (χ2n) is 6.70. The smallest absolute Gasteiger partial charge is 0.133 e. The zero-order chi connectivity index (χ0) is 20.3. The molecule has 2 rings (SSSR count). The molecule has 3 nitrogen and oxygen atoms in total. The molecule has 0 heterocycles. The summed E-state index contributed by atoms with van der Waals surface area (Å²) in [6.45, 7) is 11.4. The summed E-state index contributed by atoms with van der Waals surface area (Å²) in [6.07, 6.45) is 6.20. The van der Waals surface area contributed by atoms with Crippen molar-refractivity contribution in [3.8, 4) is 5.75 Å². The van der Waals surface area contributed by atoms with E-state index in [1.54, 1.807) is 6.07 Å². The summed E-state index contributed by atoms with van der Waals surface area (Å²) in [5.74, 6) is 0.315. The van der Waals surface area contributed by atoms with E-state index in [1.807, 2.05) is 39.0 Å². The summed E-state index contributed by atoms with van der Waals surface area (Å²) in [5.41, 5.74) is 4.58. The van der Waals surface area contributed by atoms with Crippen LogP contribution in [0.4, 0.5) is 11.4 Å². The normalized spacial score (nSPS) is 13.0. The van der Waals surface area contributed by atoms with E-state index < -0.39 is 0 Å². The molecule has 0 radical (unpaired) electrons. The molecular formula is C24H37N2O+. The average Bonchev–Trinajstić information content (AvgIpc) is 2.71. The number of quaternary nitrogens is 1. The van der Waals surface area contributed by atoms with Gasteiger partial charge in [-0.3, -0.25) is 0 Å². The molecule has 148 valence electrons. The zero-order valence-corrected chi connectivity index (χ0v) is 17.8. The minimum absolute atomic E-state index is 0.0823. The van der Waals surface area contributed by atoms with Crippen molar-refractivity contribution in [2.24, 2.45) is 0 Å². The van der Waals surface area contributed by atoms with Crippen molar-refractivity contribution in [3.05, 3.63) is 59.7 Å². The van der Waals surface area contributed by atoms with Crippen LogP contribution in [-0.4, -0.2) is 18.7 Å². The number of rotatable bonds is 8. The molecule has 0 bridgehead atoms. The van der Waals surface area contributed by atoms with E-state index in [1.165, 1.54) is 11.3 Å². The Labute approximate surface area is 165 Å². The highest BCUT2D eigenvalue weighted by Crippen LogP contribution is 2.35. The molecule has 4 N–H and O–H groups in total. The highest BCUT2D eigenvalue weighted by atomic mass is 16.3. The molecule has 2 aromatic rings. The quantitative estimate of drug-likeness (QED) is 0.542. The molecule has 0 saturated heterocycles. The van der Waals surface area contributed by atoms with Gasteiger partial charge in [0.2, 0.25) is 0 Å². The Morgan fingerprint density at radius 1 is 1.11 bits per heavy atom. The number of nitrogens with one attached hydrogen (secondary N) is 1. The van der Waals surface area contributed by atoms with Gasteiger partial charge in [-0.25, -0.2) is 0 Å². The predicted molar refractivity (Wildman–Crippen MR) is 119 cm³/mol. The van der Waals surface area contributed by atoms with E-state index in [0.29, 0.717) is 5.75 Å². The van der Waals surface area contributed by atoms with Crippen LogP contribution in [0, 0.1) is 0 Å². The van der Waals surface area contributed by atoms with Crippen molar-refractivity contribution in [1.29, 1.82) is 0 Å². The van der Waals surface area contributed by atoms with Gasteiger partial charge in [0.25, 0.3) is 0 Å². The minimum atomic E-state index is 0.0823. The molecule has 0 aliphatic heterocycles. The molecule has 0 aromatic heterocycles. The third-order valence-corrected chi connectivity index (χ3v) is 4.98. The van der Waals surface area contributed by atoms with Crippen LogP contribution in [0.1, 0.15) is 58.6 Å². The van der Waals surface area contributed by atoms with Crippen LogP contribution in [-0.2, 0) is 5.41 Å². The van der Waals surface area contributed by atoms with Gasteiger partial charge < -0.3 is 15.7 Å². The summed E-state index contributed by atoms with van der Waals surface area (Å²) < 4.78 is 0. The lowest BCUT2D eigenvalue weighted by Gasteiger charge is -2.28. The number of para-hydroxylation sites is 1. The predicted octanol–water partition coefficient (Wildman–Crippen LogP) is 5.45. The van der Waals surface area contributed by atoms with Gasteiger partial charge in [0.1, 0.15) is 11.4 Å². The topological polar surface area (TPSA) is 48.9 Å². The Morgan fingerprint density at radius 2 is 1.81 bits per heavy atom. The number of phenolic OH excluding ortho intramolecular Hbond substituents is 1. The Kier molecular flexibility index (Phi) is 9.66. The molecule has 1 atom stereocenters. The van der Waals surface area contributed by atoms with Gasteiger partial charge in [0.05, 0.1) is 7.05 Å². The highest BCUT2D eigenvalue weighted by Gasteiger charge is 2.27. The third kappa shape index (κ3) is 6.14. The number of hydrogen-bond acceptors (Lipinski definition) is 2. The molecule has 0 fully saturated rings. The van der Waals surface area contributed by atoms with Gasteiger partial charge in [-0.05, 0) is 38.0 Å². The average molecular weight is 370 g/mol. The maximum atomic E-state index is 10.2. The highest BCUT2D eigenvalue weighted by molar-refractivity contribution is 5.62. The molecule has 0 saturated carbocycles. The first kappa shape index (κ1) is 22.8. The van der Waals surface area contributed by atoms with E-state index in [0.717, 1.165) is 30.6 Å². The van der Waals surface area contributed by atoms with Gasteiger partial charge in [-0.1, -0.05) is 58.0 Å². The molecule has 3 heteroatoms. The van der Waals surface area contributed by atoms with Crippen LogP contribution in [0.15, 0.2) is 48.5 Å². The van der Waals surface area contributed by atoms with Crippen LogP contribution in [0.25, 0.3) is 6.08 Å². The summed E-state index contributed by atoms with van der Waals surface area (Å²) in [5, 5.41) is 15.6. The van der Waals surface area contributed by atoms with Crippen LogP contribution < -0.4 is 10.6 Å². The first-order valence-corrected chi connectivity index (χ1v) is 10.2. The summed E-state index contributed by atoms with van der Waals surface area (Å²) in [6, 6.07) is 14.4. The van der Waals surface area contributed by atoms with Gasteiger partial charge in [-0.2, -0.15) is 0 Å². The van der Waals surface area contributed by atoms with Crippen molar-refractivity contribution in [3.63, 3.8) is 0 Å². The number of nitrogens with two attached hydrogens (primary N) is 1. The Morgan fingerprint density at radius 3 is 2.41 bits per heavy atom. The summed E-state index contributed by atoms with van der Waals surface area (Å²) >= 11 is 0. The molecule has 2 aromatic carbocycles. The fourth-order valence-electron chi connectivity index (χ4n) is 3.19. The third-order valence-electron chi connectivity index (χ3n) is 4.98. The fraction of sp³-hybridized carbons (Fsp3) is 0.417. The fourth-order valence-corrected chi connectivity index (χ4v) is 3.19. The van der Waals surface area contributed by atoms with Crippen molar-refractivity contribution in [2.45, 2.75) is 52.9 Å². The van der Waals surface area contributed by atoms with Crippen LogP contribution >= 0.6 is 0 Å². The number of anilines is 1. The maximum Gasteiger partial charge on any atom is 0.133 e. The first-order valence-electron chi connectivity index (χ1n) is 10.2. The van der Waals surface area contributed by atoms with Crippen LogP contribution in [0.2, 0.25) is 0 Å². The van der Waals surface area contributed by atoms with Crippen molar-refractivity contribution >= 4 is 17.5 Å². The van der Waals surface area contributed by atoms with Gasteiger partial charge >= 0.3 is 0 Å². The molecule has 0 spiro atoms. The minimum Gasteiger partial charge on any atom is -0.507 e. The monoisotopic (exact) mass is 369 g/mol. The second-order valence-corrected chi connectivity index (χ2v) is 6.70. The number of benzene rings is 2. The maximum absolute atomic E-state index is 10.2. The van der Waals surface area contributed by atoms with Crippen molar-refractivity contribution < 1.29 is 10.4 Å². The molecule has 0 amide bonds. The van der Waals surface area contributed by atoms with Crippen LogP contribution in [0.5, 0.6) is 5.75 Å². The Balaban J connectivity index is 0.00000176. The molecule has 27 heavy (non-hydrogen) atoms. The van der Waals surface area contributed by atoms with Crippen molar-refractivity contribution in [2.75, 3.05) is 18.9 Å². The van der Waals surface area contributed by atoms with Gasteiger partial charge in [0, 0.05) is 34.8 Å². The van der Waals surface area contributed by atoms with Gasteiger partial charge in [0.15, 0.2) is 0 Å². The number of hydrogen-bond donors (Lipinski definition) is 3. The van der Waals surface area contributed by atoms with E-state index in [9.17, 15) is 5.11 Å². The molecule has 0 aliphatic rings. The van der Waals surface area contributed by atoms with Crippen molar-refractivity contribution in [1.82, 2.24) is 0 Å². The molecule has 0 aliphatic carbocycles.